The van der Waals surface area contributed by atoms with Crippen LogP contribution in [0.4, 0.5) is 5.69 Å². The van der Waals surface area contributed by atoms with Gasteiger partial charge in [-0.05, 0) is 31.0 Å². The molecular formula is C15H18N2O. The monoisotopic (exact) mass is 242 g/mol. The van der Waals surface area contributed by atoms with Crippen LogP contribution in [0, 0.1) is 5.92 Å². The highest BCUT2D eigenvalue weighted by molar-refractivity contribution is 6.00. The highest BCUT2D eigenvalue weighted by Gasteiger charge is 2.45. The van der Waals surface area contributed by atoms with Gasteiger partial charge in [0, 0.05) is 25.6 Å². The summed E-state index contributed by atoms with van der Waals surface area (Å²) in [4.78, 5) is 17.0. The van der Waals surface area contributed by atoms with Gasteiger partial charge in [-0.25, -0.2) is 0 Å². The van der Waals surface area contributed by atoms with Gasteiger partial charge >= 0.3 is 0 Å². The second-order valence-corrected chi connectivity index (χ2v) is 5.88. The molecule has 3 nitrogen and oxygen atoms in total. The van der Waals surface area contributed by atoms with E-state index in [9.17, 15) is 4.79 Å². The fourth-order valence-corrected chi connectivity index (χ4v) is 3.97. The molecule has 0 saturated carbocycles. The summed E-state index contributed by atoms with van der Waals surface area (Å²) in [5.74, 6) is 0.978. The number of benzene rings is 1. The normalized spacial score (nSPS) is 30.3. The molecule has 1 aromatic rings. The molecule has 2 atom stereocenters. The van der Waals surface area contributed by atoms with Crippen LogP contribution < -0.4 is 4.90 Å². The first-order chi connectivity index (χ1) is 8.75. The average molecular weight is 242 g/mol. The van der Waals surface area contributed by atoms with Crippen LogP contribution in [0.5, 0.6) is 0 Å². The third-order valence-electron chi connectivity index (χ3n) is 4.73. The highest BCUT2D eigenvalue weighted by Crippen LogP contribution is 2.46. The Balaban J connectivity index is 1.92. The molecule has 0 aromatic heterocycles. The van der Waals surface area contributed by atoms with Gasteiger partial charge in [0.05, 0.1) is 11.6 Å². The Morgan fingerprint density at radius 2 is 2.06 bits per heavy atom. The molecule has 4 rings (SSSR count). The number of rotatable bonds is 0. The van der Waals surface area contributed by atoms with Gasteiger partial charge in [0.1, 0.15) is 0 Å². The molecule has 3 aliphatic heterocycles. The van der Waals surface area contributed by atoms with Gasteiger partial charge < -0.3 is 9.80 Å². The predicted molar refractivity (Wildman–Crippen MR) is 70.8 cm³/mol. The minimum Gasteiger partial charge on any atom is -0.312 e. The lowest BCUT2D eigenvalue weighted by molar-refractivity contribution is -0.122. The van der Waals surface area contributed by atoms with Gasteiger partial charge in [0.15, 0.2) is 0 Å². The molecule has 1 aromatic carbocycles. The summed E-state index contributed by atoms with van der Waals surface area (Å²) in [5, 5.41) is 0. The SMILES string of the molecule is CN1C[C@@H]2C(=O)N3CCCc4cccc(c43)[C@@H]2C1. The van der Waals surface area contributed by atoms with Gasteiger partial charge in [0.2, 0.25) is 5.91 Å². The summed E-state index contributed by atoms with van der Waals surface area (Å²) in [6.07, 6.45) is 2.23. The Bertz CT molecular complexity index is 525. The van der Waals surface area contributed by atoms with Crippen LogP contribution >= 0.6 is 0 Å². The van der Waals surface area contributed by atoms with E-state index in [-0.39, 0.29) is 5.92 Å². The Kier molecular flexibility index (Phi) is 2.10. The first-order valence-electron chi connectivity index (χ1n) is 6.87. The van der Waals surface area contributed by atoms with Crippen LogP contribution in [-0.2, 0) is 11.2 Å². The van der Waals surface area contributed by atoms with E-state index in [1.807, 2.05) is 0 Å². The number of likely N-dealkylation sites (tertiary alicyclic amines) is 1. The number of likely N-dealkylation sites (N-methyl/N-ethyl adjacent to an activating group) is 1. The molecule has 3 heterocycles. The zero-order chi connectivity index (χ0) is 12.3. The third kappa shape index (κ3) is 1.25. The first-order valence-corrected chi connectivity index (χ1v) is 6.87. The van der Waals surface area contributed by atoms with E-state index in [0.29, 0.717) is 11.8 Å². The minimum absolute atomic E-state index is 0.191. The standard InChI is InChI=1S/C15H18N2O/c1-16-8-12-11-6-2-4-10-5-3-7-17(14(10)11)15(18)13(12)9-16/h2,4,6,12-13H,3,5,7-9H2,1H3/t12-,13-/m0/s1. The molecule has 18 heavy (non-hydrogen) atoms. The number of carbonyl (C=O) groups excluding carboxylic acids is 1. The zero-order valence-electron chi connectivity index (χ0n) is 10.7. The van der Waals surface area contributed by atoms with Gasteiger partial charge in [0.25, 0.3) is 0 Å². The Hall–Kier alpha value is -1.35. The largest absolute Gasteiger partial charge is 0.312 e. The molecule has 0 spiro atoms. The van der Waals surface area contributed by atoms with Crippen molar-refractivity contribution in [3.63, 3.8) is 0 Å². The lowest BCUT2D eigenvalue weighted by Crippen LogP contribution is -2.45. The number of hydrogen-bond donors (Lipinski definition) is 0. The molecule has 3 aliphatic rings. The van der Waals surface area contributed by atoms with E-state index in [4.69, 9.17) is 0 Å². The zero-order valence-corrected chi connectivity index (χ0v) is 10.7. The van der Waals surface area contributed by atoms with Crippen molar-refractivity contribution in [3.05, 3.63) is 29.3 Å². The number of aryl methyl sites for hydroxylation is 1. The van der Waals surface area contributed by atoms with Gasteiger partial charge in [-0.3, -0.25) is 4.79 Å². The number of amides is 1. The smallest absolute Gasteiger partial charge is 0.232 e. The van der Waals surface area contributed by atoms with Crippen molar-refractivity contribution < 1.29 is 4.79 Å². The fraction of sp³-hybridized carbons (Fsp3) is 0.533. The van der Waals surface area contributed by atoms with Gasteiger partial charge in [-0.2, -0.15) is 0 Å². The molecule has 3 heteroatoms. The second-order valence-electron chi connectivity index (χ2n) is 5.88. The van der Waals surface area contributed by atoms with Crippen molar-refractivity contribution in [2.45, 2.75) is 18.8 Å². The molecule has 1 amide bonds. The topological polar surface area (TPSA) is 23.6 Å². The summed E-state index contributed by atoms with van der Waals surface area (Å²) >= 11 is 0. The van der Waals surface area contributed by atoms with E-state index in [2.05, 4.69) is 35.0 Å². The maximum Gasteiger partial charge on any atom is 0.232 e. The number of anilines is 1. The van der Waals surface area contributed by atoms with E-state index >= 15 is 0 Å². The van der Waals surface area contributed by atoms with Gasteiger partial charge in [-0.15, -0.1) is 0 Å². The van der Waals surface area contributed by atoms with E-state index in [0.717, 1.165) is 32.5 Å². The summed E-state index contributed by atoms with van der Waals surface area (Å²) in [7, 11) is 2.12. The van der Waals surface area contributed by atoms with Crippen molar-refractivity contribution in [2.24, 2.45) is 5.92 Å². The Morgan fingerprint density at radius 3 is 2.94 bits per heavy atom. The lowest BCUT2D eigenvalue weighted by atomic mass is 9.80. The molecule has 0 radical (unpaired) electrons. The molecule has 0 aliphatic carbocycles. The van der Waals surface area contributed by atoms with Crippen LogP contribution in [0.2, 0.25) is 0 Å². The second kappa shape index (κ2) is 3.58. The molecule has 0 bridgehead atoms. The van der Waals surface area contributed by atoms with Crippen molar-refractivity contribution in [2.75, 3.05) is 31.6 Å². The number of fused-ring (bicyclic) bond motifs is 2. The number of hydrogen-bond acceptors (Lipinski definition) is 2. The Morgan fingerprint density at radius 1 is 1.22 bits per heavy atom. The van der Waals surface area contributed by atoms with Crippen LogP contribution in [0.3, 0.4) is 0 Å². The van der Waals surface area contributed by atoms with Crippen molar-refractivity contribution in [1.29, 1.82) is 0 Å². The average Bonchev–Trinajstić information content (AvgIpc) is 2.78. The molecule has 0 N–H and O–H groups in total. The van der Waals surface area contributed by atoms with E-state index < -0.39 is 0 Å². The van der Waals surface area contributed by atoms with E-state index in [1.165, 1.54) is 16.8 Å². The van der Waals surface area contributed by atoms with Crippen LogP contribution in [0.25, 0.3) is 0 Å². The van der Waals surface area contributed by atoms with Crippen LogP contribution in [0.1, 0.15) is 23.5 Å². The third-order valence-corrected chi connectivity index (χ3v) is 4.73. The predicted octanol–water partition coefficient (Wildman–Crippen LogP) is 1.62. The minimum atomic E-state index is 0.191. The fourth-order valence-electron chi connectivity index (χ4n) is 3.97. The van der Waals surface area contributed by atoms with Crippen molar-refractivity contribution in [3.8, 4) is 0 Å². The first kappa shape index (κ1) is 10.6. The van der Waals surface area contributed by atoms with Crippen molar-refractivity contribution >= 4 is 11.6 Å². The number of carbonyl (C=O) groups is 1. The quantitative estimate of drug-likeness (QED) is 0.690. The van der Waals surface area contributed by atoms with Gasteiger partial charge in [-0.1, -0.05) is 18.2 Å². The molecule has 0 unspecified atom stereocenters. The maximum atomic E-state index is 12.6. The Labute approximate surface area is 107 Å². The number of nitrogens with zero attached hydrogens (tertiary/aromatic N) is 2. The summed E-state index contributed by atoms with van der Waals surface area (Å²) in [6, 6.07) is 6.60. The highest BCUT2D eigenvalue weighted by atomic mass is 16.2. The van der Waals surface area contributed by atoms with Crippen LogP contribution in [-0.4, -0.2) is 37.5 Å². The summed E-state index contributed by atoms with van der Waals surface area (Å²) in [5.41, 5.74) is 4.05. The summed E-state index contributed by atoms with van der Waals surface area (Å²) in [6.45, 7) is 2.86. The van der Waals surface area contributed by atoms with E-state index in [1.54, 1.807) is 0 Å². The molecular weight excluding hydrogens is 224 g/mol. The number of para-hydroxylation sites is 1. The van der Waals surface area contributed by atoms with Crippen molar-refractivity contribution in [1.82, 2.24) is 4.90 Å². The lowest BCUT2D eigenvalue weighted by Gasteiger charge is -2.40. The molecule has 1 fully saturated rings. The molecule has 94 valence electrons. The van der Waals surface area contributed by atoms with Crippen LogP contribution in [0.15, 0.2) is 18.2 Å². The molecule has 1 saturated heterocycles. The summed E-state index contributed by atoms with van der Waals surface area (Å²) < 4.78 is 0. The maximum absolute atomic E-state index is 12.6.